The van der Waals surface area contributed by atoms with Crippen molar-refractivity contribution in [1.82, 2.24) is 0 Å². The third kappa shape index (κ3) is 5.01. The predicted octanol–water partition coefficient (Wildman–Crippen LogP) is 0.129. The average Bonchev–Trinajstić information content (AvgIpc) is 2.44. The summed E-state index contributed by atoms with van der Waals surface area (Å²) in [6.07, 6.45) is 0. The second-order valence-electron chi connectivity index (χ2n) is 4.71. The van der Waals surface area contributed by atoms with Crippen LogP contribution in [0.4, 0.5) is 0 Å². The molecule has 1 N–H and O–H groups in total. The van der Waals surface area contributed by atoms with Crippen LogP contribution in [0.1, 0.15) is 18.1 Å². The van der Waals surface area contributed by atoms with E-state index in [4.69, 9.17) is 23.2 Å². The number of hydrogen-bond acceptors (Lipinski definition) is 1. The molecule has 2 aromatic rings. The van der Waals surface area contributed by atoms with Crippen LogP contribution in [0.3, 0.4) is 0 Å². The van der Waals surface area contributed by atoms with Crippen molar-refractivity contribution in [2.24, 2.45) is 0 Å². The van der Waals surface area contributed by atoms with Gasteiger partial charge in [-0.15, -0.1) is 0 Å². The summed E-state index contributed by atoms with van der Waals surface area (Å²) in [5, 5.41) is 1.05. The Morgan fingerprint density at radius 1 is 1.00 bits per heavy atom. The first kappa shape index (κ1) is 18.0. The Balaban J connectivity index is 0.00000220. The van der Waals surface area contributed by atoms with Gasteiger partial charge in [-0.25, -0.2) is 4.79 Å². The molecule has 0 radical (unpaired) electrons. The summed E-state index contributed by atoms with van der Waals surface area (Å²) < 4.78 is 0. The molecule has 0 aliphatic heterocycles. The molecular formula is C16H16Cl3NO. The van der Waals surface area contributed by atoms with Gasteiger partial charge in [0.1, 0.15) is 13.1 Å². The first-order chi connectivity index (χ1) is 9.58. The summed E-state index contributed by atoms with van der Waals surface area (Å²) >= 11 is 12.2. The van der Waals surface area contributed by atoms with Gasteiger partial charge in [0.15, 0.2) is 0 Å². The monoisotopic (exact) mass is 343 g/mol. The van der Waals surface area contributed by atoms with Crippen molar-refractivity contribution >= 4 is 29.1 Å². The summed E-state index contributed by atoms with van der Waals surface area (Å²) in [6.45, 7) is 2.76. The van der Waals surface area contributed by atoms with E-state index in [1.807, 2.05) is 42.5 Å². The van der Waals surface area contributed by atoms with E-state index in [2.05, 4.69) is 0 Å². The van der Waals surface area contributed by atoms with Gasteiger partial charge in [-0.1, -0.05) is 65.7 Å². The molecule has 0 saturated carbocycles. The topological polar surface area (TPSA) is 21.5 Å². The van der Waals surface area contributed by atoms with Crippen molar-refractivity contribution in [2.75, 3.05) is 0 Å². The Morgan fingerprint density at radius 3 is 2.29 bits per heavy atom. The van der Waals surface area contributed by atoms with E-state index >= 15 is 0 Å². The SMILES string of the molecule is CC(=O)[NH+](Cc1ccccc1)Cc1cccc(Cl)c1Cl.[Cl-]. The first-order valence-corrected chi connectivity index (χ1v) is 7.16. The molecule has 1 atom stereocenters. The zero-order chi connectivity index (χ0) is 14.5. The highest BCUT2D eigenvalue weighted by atomic mass is 35.5. The average molecular weight is 345 g/mol. The van der Waals surface area contributed by atoms with Gasteiger partial charge in [0.05, 0.1) is 17.0 Å². The van der Waals surface area contributed by atoms with Crippen molar-refractivity contribution in [2.45, 2.75) is 20.0 Å². The quantitative estimate of drug-likeness (QED) is 0.836. The molecule has 112 valence electrons. The molecule has 2 rings (SSSR count). The van der Waals surface area contributed by atoms with E-state index in [1.54, 1.807) is 13.0 Å². The van der Waals surface area contributed by atoms with Crippen LogP contribution in [-0.2, 0) is 17.9 Å². The number of rotatable bonds is 4. The lowest BCUT2D eigenvalue weighted by Crippen LogP contribution is -3.11. The van der Waals surface area contributed by atoms with Gasteiger partial charge >= 0.3 is 5.91 Å². The van der Waals surface area contributed by atoms with Crippen molar-refractivity contribution in [3.05, 3.63) is 69.7 Å². The molecule has 0 aromatic heterocycles. The smallest absolute Gasteiger partial charge is 0.309 e. The summed E-state index contributed by atoms with van der Waals surface area (Å²) in [6, 6.07) is 15.4. The zero-order valence-corrected chi connectivity index (χ0v) is 13.8. The first-order valence-electron chi connectivity index (χ1n) is 6.40. The fourth-order valence-electron chi connectivity index (χ4n) is 2.07. The standard InChI is InChI=1S/C16H15Cl2NO.ClH/c1-12(20)19(10-13-6-3-2-4-7-13)11-14-8-5-9-15(17)16(14)18;/h2-9H,10-11H2,1H3;1H. The maximum Gasteiger partial charge on any atom is 0.309 e. The van der Waals surface area contributed by atoms with E-state index in [1.165, 1.54) is 0 Å². The van der Waals surface area contributed by atoms with Crippen LogP contribution in [0.25, 0.3) is 0 Å². The lowest BCUT2D eigenvalue weighted by molar-refractivity contribution is -0.848. The highest BCUT2D eigenvalue weighted by molar-refractivity contribution is 6.42. The minimum absolute atomic E-state index is 0. The summed E-state index contributed by atoms with van der Waals surface area (Å²) in [7, 11) is 0. The molecule has 0 aliphatic rings. The molecule has 1 unspecified atom stereocenters. The summed E-state index contributed by atoms with van der Waals surface area (Å²) in [5.74, 6) is 0.0879. The predicted molar refractivity (Wildman–Crippen MR) is 82.0 cm³/mol. The van der Waals surface area contributed by atoms with E-state index in [0.29, 0.717) is 23.1 Å². The molecule has 2 aromatic carbocycles. The molecule has 21 heavy (non-hydrogen) atoms. The molecule has 0 spiro atoms. The number of carbonyl (C=O) groups is 1. The largest absolute Gasteiger partial charge is 1.00 e. The Kier molecular flexibility index (Phi) is 7.20. The third-order valence-electron chi connectivity index (χ3n) is 3.19. The molecule has 0 saturated heterocycles. The Bertz CT molecular complexity index is 602. The number of carbonyl (C=O) groups excluding carboxylic acids is 1. The fraction of sp³-hybridized carbons (Fsp3) is 0.188. The van der Waals surface area contributed by atoms with E-state index < -0.39 is 0 Å². The summed E-state index contributed by atoms with van der Waals surface area (Å²) in [5.41, 5.74) is 2.01. The summed E-state index contributed by atoms with van der Waals surface area (Å²) in [4.78, 5) is 12.7. The lowest BCUT2D eigenvalue weighted by Gasteiger charge is -2.16. The van der Waals surface area contributed by atoms with Gasteiger partial charge in [0, 0.05) is 11.1 Å². The van der Waals surface area contributed by atoms with Gasteiger partial charge < -0.3 is 12.4 Å². The molecule has 2 nitrogen and oxygen atoms in total. The van der Waals surface area contributed by atoms with Gasteiger partial charge in [-0.2, -0.15) is 0 Å². The molecule has 1 amide bonds. The fourth-order valence-corrected chi connectivity index (χ4v) is 2.46. The van der Waals surface area contributed by atoms with Crippen LogP contribution in [0, 0.1) is 0 Å². The van der Waals surface area contributed by atoms with Crippen LogP contribution in [-0.4, -0.2) is 5.91 Å². The van der Waals surface area contributed by atoms with Gasteiger partial charge in [-0.3, -0.25) is 4.90 Å². The van der Waals surface area contributed by atoms with Crippen molar-refractivity contribution in [3.8, 4) is 0 Å². The Morgan fingerprint density at radius 2 is 1.67 bits per heavy atom. The van der Waals surface area contributed by atoms with Gasteiger partial charge in [-0.05, 0) is 6.07 Å². The Labute approximate surface area is 141 Å². The van der Waals surface area contributed by atoms with Crippen LogP contribution in [0.15, 0.2) is 48.5 Å². The maximum atomic E-state index is 11.8. The maximum absolute atomic E-state index is 11.8. The minimum Gasteiger partial charge on any atom is -1.00 e. The number of nitrogens with one attached hydrogen (secondary N) is 1. The minimum atomic E-state index is 0. The highest BCUT2D eigenvalue weighted by Gasteiger charge is 2.18. The number of hydrogen-bond donors (Lipinski definition) is 1. The number of halogens is 3. The second-order valence-corrected chi connectivity index (χ2v) is 5.50. The van der Waals surface area contributed by atoms with E-state index in [0.717, 1.165) is 16.0 Å². The van der Waals surface area contributed by atoms with Crippen molar-refractivity contribution in [1.29, 1.82) is 0 Å². The second kappa shape index (κ2) is 8.40. The molecule has 0 heterocycles. The zero-order valence-electron chi connectivity index (χ0n) is 11.6. The highest BCUT2D eigenvalue weighted by Crippen LogP contribution is 2.24. The van der Waals surface area contributed by atoms with Crippen molar-refractivity contribution in [3.63, 3.8) is 0 Å². The van der Waals surface area contributed by atoms with Crippen molar-refractivity contribution < 1.29 is 22.1 Å². The Hall–Kier alpha value is -1.06. The van der Waals surface area contributed by atoms with E-state index in [-0.39, 0.29) is 18.3 Å². The van der Waals surface area contributed by atoms with E-state index in [9.17, 15) is 4.79 Å². The van der Waals surface area contributed by atoms with Crippen LogP contribution >= 0.6 is 23.2 Å². The number of quaternary nitrogens is 1. The molecule has 0 fully saturated rings. The molecule has 0 aliphatic carbocycles. The van der Waals surface area contributed by atoms with Crippen LogP contribution in [0.5, 0.6) is 0 Å². The normalized spacial score (nSPS) is 11.6. The number of amides is 1. The molecule has 5 heteroatoms. The lowest BCUT2D eigenvalue weighted by atomic mass is 10.1. The molecule has 0 bridgehead atoms. The van der Waals surface area contributed by atoms with Gasteiger partial charge in [0.2, 0.25) is 0 Å². The number of benzene rings is 2. The molecular weight excluding hydrogens is 329 g/mol. The van der Waals surface area contributed by atoms with Crippen LogP contribution in [0.2, 0.25) is 10.0 Å². The van der Waals surface area contributed by atoms with Crippen LogP contribution < -0.4 is 17.3 Å². The van der Waals surface area contributed by atoms with Gasteiger partial charge in [0.25, 0.3) is 0 Å². The third-order valence-corrected chi connectivity index (χ3v) is 4.05.